The van der Waals surface area contributed by atoms with Crippen molar-refractivity contribution in [3.63, 3.8) is 0 Å². The summed E-state index contributed by atoms with van der Waals surface area (Å²) in [6.45, 7) is 0. The van der Waals surface area contributed by atoms with Gasteiger partial charge in [-0.2, -0.15) is 13.2 Å². The number of aromatic nitrogens is 1. The van der Waals surface area contributed by atoms with Crippen molar-refractivity contribution in [3.8, 4) is 11.5 Å². The summed E-state index contributed by atoms with van der Waals surface area (Å²) in [4.78, 5) is 47.2. The lowest BCUT2D eigenvalue weighted by Crippen LogP contribution is -2.39. The van der Waals surface area contributed by atoms with Crippen molar-refractivity contribution in [1.82, 2.24) is 10.3 Å². The number of halogens is 4. The van der Waals surface area contributed by atoms with E-state index in [0.717, 1.165) is 12.1 Å². The third-order valence-corrected chi connectivity index (χ3v) is 5.20. The molecule has 2 atom stereocenters. The Morgan fingerprint density at radius 2 is 1.40 bits per heavy atom. The van der Waals surface area contributed by atoms with Gasteiger partial charge in [0.1, 0.15) is 17.2 Å². The highest BCUT2D eigenvalue weighted by Crippen LogP contribution is 2.36. The molecule has 1 heterocycles. The standard InChI is InChI=1S/C21H16ClF3N4O3.C4H6O6/c1-26-19(30)18-11-15(8-9-27-18)32-14-5-2-12(3-6-14)28-20(31)29-13-4-7-17(22)16(10-13)21(23,24)25;5-1(3(7)8)2(6)4(9)10/h2-11H,1H3,(H,26,30)(H2,28,29,31);1-2,5-6H,(H,7,8)(H,9,10). The number of alkyl halides is 3. The minimum atomic E-state index is -4.64. The van der Waals surface area contributed by atoms with Crippen molar-refractivity contribution in [2.24, 2.45) is 0 Å². The second kappa shape index (κ2) is 14.6. The Balaban J connectivity index is 0.000000528. The highest BCUT2D eigenvalue weighted by Gasteiger charge is 2.33. The number of pyridine rings is 1. The number of anilines is 2. The van der Waals surface area contributed by atoms with Crippen LogP contribution >= 0.6 is 11.6 Å². The molecule has 0 aliphatic heterocycles. The van der Waals surface area contributed by atoms with Crippen molar-refractivity contribution in [2.75, 3.05) is 17.7 Å². The predicted molar refractivity (Wildman–Crippen MR) is 141 cm³/mol. The first-order valence-electron chi connectivity index (χ1n) is 11.3. The monoisotopic (exact) mass is 614 g/mol. The van der Waals surface area contributed by atoms with Crippen LogP contribution in [0.3, 0.4) is 0 Å². The average Bonchev–Trinajstić information content (AvgIpc) is 2.93. The maximum Gasteiger partial charge on any atom is 0.417 e. The van der Waals surface area contributed by atoms with E-state index >= 15 is 0 Å². The maximum absolute atomic E-state index is 12.9. The number of carboxylic acids is 2. The fourth-order valence-electron chi connectivity index (χ4n) is 2.85. The van der Waals surface area contributed by atoms with E-state index in [1.807, 2.05) is 0 Å². The van der Waals surface area contributed by atoms with Crippen LogP contribution in [0.25, 0.3) is 0 Å². The van der Waals surface area contributed by atoms with E-state index in [2.05, 4.69) is 20.9 Å². The number of aliphatic hydroxyl groups excluding tert-OH is 2. The lowest BCUT2D eigenvalue weighted by Gasteiger charge is -2.12. The van der Waals surface area contributed by atoms with Gasteiger partial charge in [-0.15, -0.1) is 0 Å². The van der Waals surface area contributed by atoms with Gasteiger partial charge in [0.2, 0.25) is 0 Å². The van der Waals surface area contributed by atoms with Gasteiger partial charge in [0.05, 0.1) is 10.6 Å². The summed E-state index contributed by atoms with van der Waals surface area (Å²) in [5.74, 6) is -3.08. The van der Waals surface area contributed by atoms with Crippen LogP contribution in [-0.2, 0) is 15.8 Å². The zero-order chi connectivity index (χ0) is 31.6. The Bertz CT molecular complexity index is 1420. The Hall–Kier alpha value is -4.93. The van der Waals surface area contributed by atoms with Crippen LogP contribution in [0, 0.1) is 0 Å². The third-order valence-electron chi connectivity index (χ3n) is 4.87. The van der Waals surface area contributed by atoms with Crippen LogP contribution in [0.4, 0.5) is 29.3 Å². The lowest BCUT2D eigenvalue weighted by atomic mass is 10.2. The molecule has 17 heteroatoms. The molecule has 0 radical (unpaired) electrons. The molecule has 42 heavy (non-hydrogen) atoms. The Labute approximate surface area is 239 Å². The molecule has 3 amide bonds. The van der Waals surface area contributed by atoms with Crippen LogP contribution in [0.15, 0.2) is 60.8 Å². The molecular formula is C25H22ClF3N4O9. The van der Waals surface area contributed by atoms with Gasteiger partial charge in [-0.1, -0.05) is 11.6 Å². The highest BCUT2D eigenvalue weighted by molar-refractivity contribution is 6.31. The summed E-state index contributed by atoms with van der Waals surface area (Å²) in [5, 5.41) is 39.4. The van der Waals surface area contributed by atoms with Gasteiger partial charge >= 0.3 is 24.1 Å². The molecule has 13 nitrogen and oxygen atoms in total. The number of hydrogen-bond acceptors (Lipinski definition) is 8. The SMILES string of the molecule is CNC(=O)c1cc(Oc2ccc(NC(=O)Nc3ccc(Cl)c(C(F)(F)F)c3)cc2)ccn1.O=C(O)C(O)C(O)C(=O)O. The first kappa shape index (κ1) is 33.3. The summed E-state index contributed by atoms with van der Waals surface area (Å²) in [6, 6.07) is 11.6. The number of nitrogens with one attached hydrogen (secondary N) is 3. The van der Waals surface area contributed by atoms with Crippen LogP contribution in [-0.4, -0.2) is 68.5 Å². The van der Waals surface area contributed by atoms with E-state index in [1.54, 1.807) is 30.3 Å². The summed E-state index contributed by atoms with van der Waals surface area (Å²) < 4.78 is 44.5. The fourth-order valence-corrected chi connectivity index (χ4v) is 3.08. The van der Waals surface area contributed by atoms with E-state index in [-0.39, 0.29) is 17.3 Å². The Morgan fingerprint density at radius 1 is 0.857 bits per heavy atom. The highest BCUT2D eigenvalue weighted by atomic mass is 35.5. The van der Waals surface area contributed by atoms with Crippen LogP contribution < -0.4 is 20.7 Å². The minimum Gasteiger partial charge on any atom is -0.479 e. The van der Waals surface area contributed by atoms with Gasteiger partial charge in [-0.25, -0.2) is 14.4 Å². The minimum absolute atomic E-state index is 0.0659. The number of benzene rings is 2. The van der Waals surface area contributed by atoms with Crippen molar-refractivity contribution in [1.29, 1.82) is 0 Å². The molecule has 2 aromatic carbocycles. The number of ether oxygens (including phenoxy) is 1. The van der Waals surface area contributed by atoms with Gasteiger partial charge in [0.15, 0.2) is 12.2 Å². The largest absolute Gasteiger partial charge is 0.479 e. The number of carbonyl (C=O) groups is 4. The van der Waals surface area contributed by atoms with E-state index in [0.29, 0.717) is 17.2 Å². The fraction of sp³-hybridized carbons (Fsp3) is 0.160. The Kier molecular flexibility index (Phi) is 11.6. The first-order chi connectivity index (χ1) is 19.6. The number of nitrogens with zero attached hydrogens (tertiary/aromatic N) is 1. The van der Waals surface area contributed by atoms with Gasteiger partial charge in [0, 0.05) is 30.7 Å². The molecule has 3 aromatic rings. The number of hydrogen-bond donors (Lipinski definition) is 7. The summed E-state index contributed by atoms with van der Waals surface area (Å²) >= 11 is 5.57. The molecule has 7 N–H and O–H groups in total. The predicted octanol–water partition coefficient (Wildman–Crippen LogP) is 3.43. The van der Waals surface area contributed by atoms with Crippen molar-refractivity contribution in [3.05, 3.63) is 77.1 Å². The molecule has 0 aliphatic carbocycles. The van der Waals surface area contributed by atoms with Crippen LogP contribution in [0.1, 0.15) is 16.1 Å². The lowest BCUT2D eigenvalue weighted by molar-refractivity contribution is -0.165. The van der Waals surface area contributed by atoms with Crippen molar-refractivity contribution < 1.29 is 57.5 Å². The number of amides is 3. The maximum atomic E-state index is 12.9. The third kappa shape index (κ3) is 9.92. The number of aliphatic carboxylic acids is 2. The molecule has 224 valence electrons. The van der Waals surface area contributed by atoms with Gasteiger partial charge in [-0.3, -0.25) is 9.78 Å². The second-order valence-electron chi connectivity index (χ2n) is 7.92. The van der Waals surface area contributed by atoms with E-state index in [4.69, 9.17) is 36.8 Å². The number of aliphatic hydroxyl groups is 2. The molecule has 0 bridgehead atoms. The molecule has 0 spiro atoms. The molecule has 2 unspecified atom stereocenters. The molecular weight excluding hydrogens is 593 g/mol. The molecule has 1 aromatic heterocycles. The number of rotatable bonds is 8. The van der Waals surface area contributed by atoms with Gasteiger partial charge < -0.3 is 41.1 Å². The topological polar surface area (TPSA) is 207 Å². The van der Waals surface area contributed by atoms with Crippen LogP contribution in [0.2, 0.25) is 5.02 Å². The van der Waals surface area contributed by atoms with Crippen molar-refractivity contribution in [2.45, 2.75) is 18.4 Å². The van der Waals surface area contributed by atoms with Gasteiger partial charge in [-0.05, 0) is 48.5 Å². The molecule has 3 rings (SSSR count). The molecule has 0 fully saturated rings. The summed E-state index contributed by atoms with van der Waals surface area (Å²) in [7, 11) is 1.49. The number of carboxylic acid groups (broad SMARTS) is 2. The Morgan fingerprint density at radius 3 is 1.93 bits per heavy atom. The zero-order valence-electron chi connectivity index (χ0n) is 21.2. The smallest absolute Gasteiger partial charge is 0.417 e. The van der Waals surface area contributed by atoms with Crippen molar-refractivity contribution >= 4 is 46.9 Å². The molecule has 0 saturated heterocycles. The van der Waals surface area contributed by atoms with E-state index in [1.165, 1.54) is 25.4 Å². The second-order valence-corrected chi connectivity index (χ2v) is 8.33. The number of urea groups is 1. The molecule has 0 aliphatic rings. The van der Waals surface area contributed by atoms with Gasteiger partial charge in [0.25, 0.3) is 5.91 Å². The van der Waals surface area contributed by atoms with E-state index < -0.39 is 46.9 Å². The quantitative estimate of drug-likeness (QED) is 0.197. The zero-order valence-corrected chi connectivity index (χ0v) is 22.0. The summed E-state index contributed by atoms with van der Waals surface area (Å²) in [5.41, 5.74) is -0.547. The van der Waals surface area contributed by atoms with E-state index in [9.17, 15) is 32.3 Å². The molecule has 0 saturated carbocycles. The average molecular weight is 615 g/mol. The normalized spacial score (nSPS) is 12.1. The first-order valence-corrected chi connectivity index (χ1v) is 11.7. The van der Waals surface area contributed by atoms with Crippen LogP contribution in [0.5, 0.6) is 11.5 Å². The summed E-state index contributed by atoms with van der Waals surface area (Å²) in [6.07, 6.45) is -7.74. The number of carbonyl (C=O) groups excluding carboxylic acids is 2.